The van der Waals surface area contributed by atoms with E-state index in [0.29, 0.717) is 5.56 Å². The van der Waals surface area contributed by atoms with Crippen molar-refractivity contribution in [2.75, 3.05) is 0 Å². The minimum Gasteiger partial charge on any atom is -0.480 e. The van der Waals surface area contributed by atoms with Gasteiger partial charge in [0.05, 0.1) is 12.5 Å². The molecule has 4 unspecified atom stereocenters. The molecule has 2 aromatic carbocycles. The first-order valence-electron chi connectivity index (χ1n) is 13.5. The Kier molecular flexibility index (Phi) is 11.3. The lowest BCUT2D eigenvalue weighted by molar-refractivity contribution is -0.142. The third-order valence-electron chi connectivity index (χ3n) is 6.70. The Bertz CT molecular complexity index is 1470. The van der Waals surface area contributed by atoms with E-state index in [0.717, 1.165) is 16.5 Å². The van der Waals surface area contributed by atoms with E-state index in [1.54, 1.807) is 36.5 Å². The van der Waals surface area contributed by atoms with E-state index in [1.165, 1.54) is 0 Å². The monoisotopic (exact) mass is 593 g/mol. The van der Waals surface area contributed by atoms with Gasteiger partial charge in [-0.1, -0.05) is 48.5 Å². The quantitative estimate of drug-likeness (QED) is 0.102. The molecule has 0 aliphatic rings. The van der Waals surface area contributed by atoms with Crippen LogP contribution in [-0.4, -0.2) is 69.8 Å². The van der Waals surface area contributed by atoms with Gasteiger partial charge in [-0.25, -0.2) is 4.79 Å². The van der Waals surface area contributed by atoms with Crippen molar-refractivity contribution in [1.82, 2.24) is 20.9 Å². The Hall–Kier alpha value is -5.24. The SMILES string of the molecule is NC(=O)CCC(NC(=O)C(Cc1ccccc1)NC(=O)C(CC(N)=O)NC(=O)C(N)Cc1c[nH]c2ccccc12)C(=O)O. The summed E-state index contributed by atoms with van der Waals surface area (Å²) >= 11 is 0. The van der Waals surface area contributed by atoms with E-state index in [1.807, 2.05) is 24.3 Å². The molecule has 5 amide bonds. The normalized spacial score (nSPS) is 13.7. The molecule has 43 heavy (non-hydrogen) atoms. The molecule has 14 heteroatoms. The first kappa shape index (κ1) is 32.3. The number of carboxylic acid groups (broad SMARTS) is 1. The van der Waals surface area contributed by atoms with Gasteiger partial charge < -0.3 is 43.2 Å². The molecule has 3 rings (SSSR count). The van der Waals surface area contributed by atoms with Crippen LogP contribution in [0.15, 0.2) is 60.8 Å². The summed E-state index contributed by atoms with van der Waals surface area (Å²) in [7, 11) is 0. The molecule has 0 aliphatic carbocycles. The lowest BCUT2D eigenvalue weighted by Crippen LogP contribution is -2.58. The third-order valence-corrected chi connectivity index (χ3v) is 6.70. The lowest BCUT2D eigenvalue weighted by atomic mass is 10.0. The Labute approximate surface area is 246 Å². The number of hydrogen-bond donors (Lipinski definition) is 8. The number of amides is 5. The van der Waals surface area contributed by atoms with Crippen LogP contribution in [0.4, 0.5) is 0 Å². The molecule has 0 saturated carbocycles. The van der Waals surface area contributed by atoms with Crippen molar-refractivity contribution in [2.24, 2.45) is 17.2 Å². The summed E-state index contributed by atoms with van der Waals surface area (Å²) in [6.45, 7) is 0. The van der Waals surface area contributed by atoms with Gasteiger partial charge in [-0.2, -0.15) is 0 Å². The molecule has 0 aliphatic heterocycles. The number of aliphatic carboxylic acids is 1. The standard InChI is InChI=1S/C29H35N7O7/c30-19(13-17-15-33-20-9-5-4-8-18(17)20)26(39)35-23(14-25(32)38)28(41)36-22(12-16-6-2-1-3-7-16)27(40)34-21(29(42)43)10-11-24(31)37/h1-9,15,19,21-23,33H,10-14,30H2,(H2,31,37)(H2,32,38)(H,34,40)(H,35,39)(H,36,41)(H,42,43). The summed E-state index contributed by atoms with van der Waals surface area (Å²) in [6, 6.07) is 10.7. The largest absolute Gasteiger partial charge is 0.480 e. The van der Waals surface area contributed by atoms with E-state index in [9.17, 15) is 33.9 Å². The lowest BCUT2D eigenvalue weighted by Gasteiger charge is -2.25. The van der Waals surface area contributed by atoms with Crippen molar-refractivity contribution in [3.63, 3.8) is 0 Å². The van der Waals surface area contributed by atoms with Crippen LogP contribution >= 0.6 is 0 Å². The van der Waals surface area contributed by atoms with Gasteiger partial charge in [-0.15, -0.1) is 0 Å². The van der Waals surface area contributed by atoms with Gasteiger partial charge in [0.1, 0.15) is 18.1 Å². The molecule has 0 radical (unpaired) electrons. The predicted molar refractivity (Wildman–Crippen MR) is 156 cm³/mol. The number of nitrogens with one attached hydrogen (secondary N) is 4. The minimum atomic E-state index is -1.48. The van der Waals surface area contributed by atoms with Crippen molar-refractivity contribution in [2.45, 2.75) is 56.3 Å². The Morgan fingerprint density at radius 2 is 1.35 bits per heavy atom. The smallest absolute Gasteiger partial charge is 0.326 e. The maximum absolute atomic E-state index is 13.3. The number of carboxylic acids is 1. The summed E-state index contributed by atoms with van der Waals surface area (Å²) in [4.78, 5) is 77.3. The van der Waals surface area contributed by atoms with Gasteiger partial charge in [0.25, 0.3) is 0 Å². The van der Waals surface area contributed by atoms with Crippen molar-refractivity contribution in [1.29, 1.82) is 0 Å². The molecule has 1 aromatic heterocycles. The summed E-state index contributed by atoms with van der Waals surface area (Å²) < 4.78 is 0. The van der Waals surface area contributed by atoms with Crippen LogP contribution in [-0.2, 0) is 41.6 Å². The zero-order valence-corrected chi connectivity index (χ0v) is 23.2. The van der Waals surface area contributed by atoms with Crippen LogP contribution in [0.25, 0.3) is 10.9 Å². The molecular formula is C29H35N7O7. The average Bonchev–Trinajstić information content (AvgIpc) is 3.36. The summed E-state index contributed by atoms with van der Waals surface area (Å²) in [6.07, 6.45) is 0.647. The number of fused-ring (bicyclic) bond motifs is 1. The molecule has 11 N–H and O–H groups in total. The number of carbonyl (C=O) groups excluding carboxylic acids is 5. The molecule has 0 fully saturated rings. The fourth-order valence-corrected chi connectivity index (χ4v) is 4.47. The number of para-hydroxylation sites is 1. The zero-order chi connectivity index (χ0) is 31.5. The number of aromatic amines is 1. The Morgan fingerprint density at radius 3 is 2.00 bits per heavy atom. The number of aromatic nitrogens is 1. The minimum absolute atomic E-state index is 0.0577. The molecule has 14 nitrogen and oxygen atoms in total. The van der Waals surface area contributed by atoms with Crippen molar-refractivity contribution >= 4 is 46.4 Å². The number of rotatable bonds is 16. The molecule has 0 saturated heterocycles. The number of benzene rings is 2. The van der Waals surface area contributed by atoms with Crippen LogP contribution in [0.1, 0.15) is 30.4 Å². The van der Waals surface area contributed by atoms with Crippen LogP contribution in [0, 0.1) is 0 Å². The zero-order valence-electron chi connectivity index (χ0n) is 23.2. The summed E-state index contributed by atoms with van der Waals surface area (Å²) in [5.74, 6) is -5.55. The highest BCUT2D eigenvalue weighted by Gasteiger charge is 2.31. The van der Waals surface area contributed by atoms with E-state index in [2.05, 4.69) is 20.9 Å². The van der Waals surface area contributed by atoms with Gasteiger partial charge >= 0.3 is 5.97 Å². The molecule has 0 spiro atoms. The fourth-order valence-electron chi connectivity index (χ4n) is 4.47. The summed E-state index contributed by atoms with van der Waals surface area (Å²) in [5.41, 5.74) is 18.8. The Balaban J connectivity index is 1.75. The van der Waals surface area contributed by atoms with Crippen LogP contribution in [0.5, 0.6) is 0 Å². The van der Waals surface area contributed by atoms with Crippen LogP contribution in [0.3, 0.4) is 0 Å². The van der Waals surface area contributed by atoms with E-state index < -0.39 is 66.1 Å². The second kappa shape index (κ2) is 15.1. The number of H-pyrrole nitrogens is 1. The van der Waals surface area contributed by atoms with Gasteiger partial charge in [-0.05, 0) is 30.0 Å². The highest BCUT2D eigenvalue weighted by Crippen LogP contribution is 2.19. The second-order valence-corrected chi connectivity index (χ2v) is 10.1. The summed E-state index contributed by atoms with van der Waals surface area (Å²) in [5, 5.41) is 17.6. The molecule has 3 aromatic rings. The molecule has 228 valence electrons. The maximum Gasteiger partial charge on any atom is 0.326 e. The number of primary amides is 2. The molecular weight excluding hydrogens is 558 g/mol. The second-order valence-electron chi connectivity index (χ2n) is 10.1. The first-order chi connectivity index (χ1) is 20.4. The van der Waals surface area contributed by atoms with E-state index >= 15 is 0 Å². The van der Waals surface area contributed by atoms with Crippen molar-refractivity contribution in [3.05, 3.63) is 71.9 Å². The van der Waals surface area contributed by atoms with Gasteiger partial charge in [0, 0.05) is 29.9 Å². The van der Waals surface area contributed by atoms with E-state index in [-0.39, 0.29) is 25.7 Å². The molecule has 1 heterocycles. The van der Waals surface area contributed by atoms with Crippen molar-refractivity contribution in [3.8, 4) is 0 Å². The van der Waals surface area contributed by atoms with E-state index in [4.69, 9.17) is 17.2 Å². The number of nitrogens with two attached hydrogens (primary N) is 3. The molecule has 4 atom stereocenters. The molecule has 0 bridgehead atoms. The first-order valence-corrected chi connectivity index (χ1v) is 13.5. The van der Waals surface area contributed by atoms with Crippen molar-refractivity contribution < 1.29 is 33.9 Å². The topological polar surface area (TPSA) is 253 Å². The van der Waals surface area contributed by atoms with Gasteiger partial charge in [0.15, 0.2) is 0 Å². The maximum atomic E-state index is 13.3. The Morgan fingerprint density at radius 1 is 0.744 bits per heavy atom. The van der Waals surface area contributed by atoms with Gasteiger partial charge in [0.2, 0.25) is 29.5 Å². The number of hydrogen-bond acceptors (Lipinski definition) is 7. The van der Waals surface area contributed by atoms with Crippen LogP contribution < -0.4 is 33.2 Å². The highest BCUT2D eigenvalue weighted by molar-refractivity contribution is 5.96. The fraction of sp³-hybridized carbons (Fsp3) is 0.310. The predicted octanol–water partition coefficient (Wildman–Crippen LogP) is -1.04. The third kappa shape index (κ3) is 9.67. The van der Waals surface area contributed by atoms with Gasteiger partial charge in [-0.3, -0.25) is 24.0 Å². The highest BCUT2D eigenvalue weighted by atomic mass is 16.4. The number of carbonyl (C=O) groups is 6. The van der Waals surface area contributed by atoms with Crippen LogP contribution in [0.2, 0.25) is 0 Å². The average molecular weight is 594 g/mol.